The van der Waals surface area contributed by atoms with Crippen molar-refractivity contribution in [3.63, 3.8) is 0 Å². The SMILES string of the molecule is Cc1ccccc1-c1cccc(CN2CCC[C@H]2C(=O)O)c1. The number of aliphatic carboxylic acids is 1. The van der Waals surface area contributed by atoms with Gasteiger partial charge in [-0.25, -0.2) is 0 Å². The Kier molecular flexibility index (Phi) is 4.25. The fourth-order valence-electron chi connectivity index (χ4n) is 3.26. The molecule has 0 aromatic heterocycles. The number of nitrogens with zero attached hydrogens (tertiary/aromatic N) is 1. The zero-order valence-corrected chi connectivity index (χ0v) is 12.8. The van der Waals surface area contributed by atoms with Gasteiger partial charge < -0.3 is 5.11 Å². The predicted octanol–water partition coefficient (Wildman–Crippen LogP) is 3.71. The summed E-state index contributed by atoms with van der Waals surface area (Å²) in [5.74, 6) is -0.701. The van der Waals surface area contributed by atoms with Gasteiger partial charge in [-0.3, -0.25) is 9.69 Å². The van der Waals surface area contributed by atoms with E-state index in [0.717, 1.165) is 19.4 Å². The van der Waals surface area contributed by atoms with Crippen LogP contribution in [0, 0.1) is 6.92 Å². The number of rotatable bonds is 4. The second-order valence-electron chi connectivity index (χ2n) is 5.98. The molecule has 3 rings (SSSR count). The second-order valence-corrected chi connectivity index (χ2v) is 5.98. The highest BCUT2D eigenvalue weighted by Gasteiger charge is 2.30. The molecule has 1 aliphatic heterocycles. The van der Waals surface area contributed by atoms with E-state index in [-0.39, 0.29) is 6.04 Å². The molecule has 1 atom stereocenters. The topological polar surface area (TPSA) is 40.5 Å². The van der Waals surface area contributed by atoms with Gasteiger partial charge in [0.25, 0.3) is 0 Å². The first-order valence-electron chi connectivity index (χ1n) is 7.77. The Hall–Kier alpha value is -2.13. The zero-order chi connectivity index (χ0) is 15.5. The molecule has 114 valence electrons. The number of hydrogen-bond donors (Lipinski definition) is 1. The van der Waals surface area contributed by atoms with Gasteiger partial charge in [0.05, 0.1) is 0 Å². The van der Waals surface area contributed by atoms with Gasteiger partial charge in [-0.05, 0) is 54.6 Å². The molecular weight excluding hydrogens is 274 g/mol. The predicted molar refractivity (Wildman–Crippen MR) is 87.7 cm³/mol. The lowest BCUT2D eigenvalue weighted by Gasteiger charge is -2.21. The first-order valence-corrected chi connectivity index (χ1v) is 7.77. The number of hydrogen-bond acceptors (Lipinski definition) is 2. The molecule has 2 aromatic rings. The summed E-state index contributed by atoms with van der Waals surface area (Å²) in [4.78, 5) is 13.4. The molecule has 3 nitrogen and oxygen atoms in total. The Morgan fingerprint density at radius 2 is 2.05 bits per heavy atom. The van der Waals surface area contributed by atoms with Gasteiger partial charge in [-0.2, -0.15) is 0 Å². The van der Waals surface area contributed by atoms with Crippen LogP contribution in [0.3, 0.4) is 0 Å². The largest absolute Gasteiger partial charge is 0.480 e. The Bertz CT molecular complexity index is 681. The molecule has 1 saturated heterocycles. The summed E-state index contributed by atoms with van der Waals surface area (Å²) in [6, 6.07) is 16.4. The van der Waals surface area contributed by atoms with Crippen molar-refractivity contribution < 1.29 is 9.90 Å². The third-order valence-corrected chi connectivity index (χ3v) is 4.42. The van der Waals surface area contributed by atoms with Gasteiger partial charge in [0, 0.05) is 6.54 Å². The number of likely N-dealkylation sites (tertiary alicyclic amines) is 1. The second kappa shape index (κ2) is 6.32. The lowest BCUT2D eigenvalue weighted by atomic mass is 9.99. The molecule has 1 N–H and O–H groups in total. The molecule has 0 bridgehead atoms. The van der Waals surface area contributed by atoms with Gasteiger partial charge in [-0.1, -0.05) is 42.5 Å². The maximum Gasteiger partial charge on any atom is 0.320 e. The summed E-state index contributed by atoms with van der Waals surface area (Å²) in [7, 11) is 0. The van der Waals surface area contributed by atoms with E-state index in [1.807, 2.05) is 6.07 Å². The van der Waals surface area contributed by atoms with Crippen molar-refractivity contribution in [2.45, 2.75) is 32.4 Å². The van der Waals surface area contributed by atoms with Crippen LogP contribution in [-0.4, -0.2) is 28.6 Å². The Morgan fingerprint density at radius 3 is 2.82 bits per heavy atom. The highest BCUT2D eigenvalue weighted by Crippen LogP contribution is 2.26. The summed E-state index contributed by atoms with van der Waals surface area (Å²) >= 11 is 0. The van der Waals surface area contributed by atoms with E-state index in [2.05, 4.69) is 54.3 Å². The van der Waals surface area contributed by atoms with E-state index >= 15 is 0 Å². The zero-order valence-electron chi connectivity index (χ0n) is 12.8. The van der Waals surface area contributed by atoms with Crippen LogP contribution >= 0.6 is 0 Å². The van der Waals surface area contributed by atoms with Gasteiger partial charge in [0.15, 0.2) is 0 Å². The minimum Gasteiger partial charge on any atom is -0.480 e. The molecule has 1 heterocycles. The Balaban J connectivity index is 1.83. The van der Waals surface area contributed by atoms with Crippen LogP contribution in [0.1, 0.15) is 24.0 Å². The average molecular weight is 295 g/mol. The first kappa shape index (κ1) is 14.8. The summed E-state index contributed by atoms with van der Waals surface area (Å²) < 4.78 is 0. The summed E-state index contributed by atoms with van der Waals surface area (Å²) in [5.41, 5.74) is 4.86. The van der Waals surface area contributed by atoms with Crippen molar-refractivity contribution in [2.24, 2.45) is 0 Å². The smallest absolute Gasteiger partial charge is 0.320 e. The molecule has 3 heteroatoms. The third kappa shape index (κ3) is 3.04. The molecule has 0 amide bonds. The van der Waals surface area contributed by atoms with Gasteiger partial charge >= 0.3 is 5.97 Å². The third-order valence-electron chi connectivity index (χ3n) is 4.42. The lowest BCUT2D eigenvalue weighted by Crippen LogP contribution is -2.35. The Labute approximate surface area is 131 Å². The maximum absolute atomic E-state index is 11.3. The first-order chi connectivity index (χ1) is 10.6. The van der Waals surface area contributed by atoms with Crippen LogP contribution in [-0.2, 0) is 11.3 Å². The van der Waals surface area contributed by atoms with E-state index in [9.17, 15) is 9.90 Å². The highest BCUT2D eigenvalue weighted by molar-refractivity contribution is 5.74. The van der Waals surface area contributed by atoms with Gasteiger partial charge in [0.2, 0.25) is 0 Å². The molecule has 0 aliphatic carbocycles. The Morgan fingerprint density at radius 1 is 1.23 bits per heavy atom. The van der Waals surface area contributed by atoms with Crippen molar-refractivity contribution in [3.8, 4) is 11.1 Å². The number of carboxylic acids is 1. The van der Waals surface area contributed by atoms with Crippen LogP contribution in [0.2, 0.25) is 0 Å². The number of carbonyl (C=O) groups is 1. The molecular formula is C19H21NO2. The fourth-order valence-corrected chi connectivity index (χ4v) is 3.26. The van der Waals surface area contributed by atoms with Crippen molar-refractivity contribution in [1.29, 1.82) is 0 Å². The molecule has 2 aromatic carbocycles. The van der Waals surface area contributed by atoms with E-state index in [0.29, 0.717) is 6.54 Å². The molecule has 1 fully saturated rings. The van der Waals surface area contributed by atoms with Crippen molar-refractivity contribution in [1.82, 2.24) is 4.90 Å². The molecule has 22 heavy (non-hydrogen) atoms. The highest BCUT2D eigenvalue weighted by atomic mass is 16.4. The van der Waals surface area contributed by atoms with Gasteiger partial charge in [-0.15, -0.1) is 0 Å². The average Bonchev–Trinajstić information content (AvgIpc) is 2.96. The van der Waals surface area contributed by atoms with Crippen LogP contribution in [0.5, 0.6) is 0 Å². The van der Waals surface area contributed by atoms with Crippen LogP contribution < -0.4 is 0 Å². The lowest BCUT2D eigenvalue weighted by molar-refractivity contribution is -0.142. The summed E-state index contributed by atoms with van der Waals surface area (Å²) in [6.07, 6.45) is 1.72. The molecule has 0 saturated carbocycles. The minimum atomic E-state index is -0.701. The van der Waals surface area contributed by atoms with Crippen molar-refractivity contribution in [2.75, 3.05) is 6.54 Å². The van der Waals surface area contributed by atoms with Crippen LogP contribution in [0.15, 0.2) is 48.5 Å². The number of benzene rings is 2. The van der Waals surface area contributed by atoms with Crippen molar-refractivity contribution in [3.05, 3.63) is 59.7 Å². The van der Waals surface area contributed by atoms with Crippen LogP contribution in [0.25, 0.3) is 11.1 Å². The van der Waals surface area contributed by atoms with E-state index in [1.165, 1.54) is 22.3 Å². The molecule has 0 radical (unpaired) electrons. The van der Waals surface area contributed by atoms with E-state index in [1.54, 1.807) is 0 Å². The standard InChI is InChI=1S/C19H21NO2/c1-14-6-2-3-9-17(14)16-8-4-7-15(12-16)13-20-11-5-10-18(20)19(21)22/h2-4,6-9,12,18H,5,10-11,13H2,1H3,(H,21,22)/t18-/m0/s1. The molecule has 1 aliphatic rings. The summed E-state index contributed by atoms with van der Waals surface area (Å²) in [5, 5.41) is 9.29. The number of carboxylic acid groups (broad SMARTS) is 1. The van der Waals surface area contributed by atoms with E-state index in [4.69, 9.17) is 0 Å². The van der Waals surface area contributed by atoms with E-state index < -0.39 is 5.97 Å². The maximum atomic E-state index is 11.3. The van der Waals surface area contributed by atoms with Gasteiger partial charge in [0.1, 0.15) is 6.04 Å². The monoisotopic (exact) mass is 295 g/mol. The number of aryl methyl sites for hydroxylation is 1. The van der Waals surface area contributed by atoms with Crippen LogP contribution in [0.4, 0.5) is 0 Å². The van der Waals surface area contributed by atoms with Crippen molar-refractivity contribution >= 4 is 5.97 Å². The molecule has 0 spiro atoms. The normalized spacial score (nSPS) is 18.5. The minimum absolute atomic E-state index is 0.331. The fraction of sp³-hybridized carbons (Fsp3) is 0.316. The molecule has 0 unspecified atom stereocenters. The summed E-state index contributed by atoms with van der Waals surface area (Å²) in [6.45, 7) is 3.69. The quantitative estimate of drug-likeness (QED) is 0.934.